The summed E-state index contributed by atoms with van der Waals surface area (Å²) in [5.41, 5.74) is 0.326. The van der Waals surface area contributed by atoms with E-state index in [4.69, 9.17) is 9.47 Å². The second kappa shape index (κ2) is 8.06. The topological polar surface area (TPSA) is 30.5 Å². The van der Waals surface area contributed by atoms with E-state index in [-0.39, 0.29) is 0 Å². The average molecular weight is 243 g/mol. The van der Waals surface area contributed by atoms with E-state index in [0.29, 0.717) is 11.3 Å². The van der Waals surface area contributed by atoms with E-state index < -0.39 is 0 Å². The van der Waals surface area contributed by atoms with E-state index in [9.17, 15) is 0 Å². The van der Waals surface area contributed by atoms with E-state index in [1.54, 1.807) is 0 Å². The van der Waals surface area contributed by atoms with Gasteiger partial charge >= 0.3 is 0 Å². The number of ether oxygens (including phenoxy) is 2. The average Bonchev–Trinajstić information content (AvgIpc) is 2.74. The van der Waals surface area contributed by atoms with Crippen LogP contribution in [0.1, 0.15) is 40.0 Å². The first kappa shape index (κ1) is 14.9. The van der Waals surface area contributed by atoms with Crippen LogP contribution in [0.5, 0.6) is 0 Å². The standard InChI is InChI=1S/C14H29NO2/c1-4-7-15-11-14(6-9-17-12-14)5-8-16-10-13(2)3/h13,15H,4-12H2,1-3H3. The minimum absolute atomic E-state index is 0.326. The van der Waals surface area contributed by atoms with E-state index in [1.807, 2.05) is 0 Å². The van der Waals surface area contributed by atoms with Gasteiger partial charge in [0.25, 0.3) is 0 Å². The van der Waals surface area contributed by atoms with Crippen molar-refractivity contribution in [3.05, 3.63) is 0 Å². The molecule has 1 fully saturated rings. The predicted molar refractivity (Wildman–Crippen MR) is 71.3 cm³/mol. The molecular weight excluding hydrogens is 214 g/mol. The smallest absolute Gasteiger partial charge is 0.0536 e. The molecule has 17 heavy (non-hydrogen) atoms. The van der Waals surface area contributed by atoms with Crippen LogP contribution in [0.25, 0.3) is 0 Å². The van der Waals surface area contributed by atoms with E-state index in [2.05, 4.69) is 26.1 Å². The third-order valence-electron chi connectivity index (χ3n) is 3.34. The summed E-state index contributed by atoms with van der Waals surface area (Å²) in [7, 11) is 0. The van der Waals surface area contributed by atoms with Crippen molar-refractivity contribution in [1.29, 1.82) is 0 Å². The summed E-state index contributed by atoms with van der Waals surface area (Å²) in [6, 6.07) is 0. The van der Waals surface area contributed by atoms with Gasteiger partial charge in [0.1, 0.15) is 0 Å². The zero-order chi connectivity index (χ0) is 12.6. The fourth-order valence-electron chi connectivity index (χ4n) is 2.21. The minimum Gasteiger partial charge on any atom is -0.381 e. The Bertz CT molecular complexity index is 189. The molecule has 0 amide bonds. The molecule has 0 aromatic heterocycles. The summed E-state index contributed by atoms with van der Waals surface area (Å²) in [5.74, 6) is 0.629. The maximum Gasteiger partial charge on any atom is 0.0536 e. The molecule has 1 N–H and O–H groups in total. The van der Waals surface area contributed by atoms with Crippen molar-refractivity contribution in [3.8, 4) is 0 Å². The summed E-state index contributed by atoms with van der Waals surface area (Å²) < 4.78 is 11.3. The van der Waals surface area contributed by atoms with Crippen LogP contribution < -0.4 is 5.32 Å². The van der Waals surface area contributed by atoms with Gasteiger partial charge in [-0.3, -0.25) is 0 Å². The lowest BCUT2D eigenvalue weighted by atomic mass is 9.84. The van der Waals surface area contributed by atoms with Crippen molar-refractivity contribution >= 4 is 0 Å². The molecule has 1 heterocycles. The maximum atomic E-state index is 5.71. The Labute approximate surface area is 106 Å². The number of hydrogen-bond donors (Lipinski definition) is 1. The van der Waals surface area contributed by atoms with Gasteiger partial charge in [-0.25, -0.2) is 0 Å². The van der Waals surface area contributed by atoms with Crippen LogP contribution in [0, 0.1) is 11.3 Å². The largest absolute Gasteiger partial charge is 0.381 e. The molecule has 0 aliphatic carbocycles. The van der Waals surface area contributed by atoms with Gasteiger partial charge in [0, 0.05) is 31.8 Å². The Morgan fingerprint density at radius 1 is 1.41 bits per heavy atom. The van der Waals surface area contributed by atoms with E-state index >= 15 is 0 Å². The first-order valence-electron chi connectivity index (χ1n) is 7.05. The molecule has 3 nitrogen and oxygen atoms in total. The highest BCUT2D eigenvalue weighted by atomic mass is 16.5. The minimum atomic E-state index is 0.326. The van der Waals surface area contributed by atoms with Crippen molar-refractivity contribution in [2.45, 2.75) is 40.0 Å². The van der Waals surface area contributed by atoms with Gasteiger partial charge in [-0.05, 0) is 31.7 Å². The van der Waals surface area contributed by atoms with Crippen LogP contribution >= 0.6 is 0 Å². The Morgan fingerprint density at radius 3 is 2.82 bits per heavy atom. The Hall–Kier alpha value is -0.120. The second-order valence-corrected chi connectivity index (χ2v) is 5.70. The van der Waals surface area contributed by atoms with Crippen LogP contribution in [-0.2, 0) is 9.47 Å². The Kier molecular flexibility index (Phi) is 7.09. The summed E-state index contributed by atoms with van der Waals surface area (Å²) >= 11 is 0. The van der Waals surface area contributed by atoms with Gasteiger partial charge in [-0.2, -0.15) is 0 Å². The predicted octanol–water partition coefficient (Wildman–Crippen LogP) is 2.46. The highest BCUT2D eigenvalue weighted by Gasteiger charge is 2.34. The Balaban J connectivity index is 2.22. The van der Waals surface area contributed by atoms with Crippen LogP contribution in [0.15, 0.2) is 0 Å². The SMILES string of the molecule is CCCNCC1(CCOCC(C)C)CCOC1. The van der Waals surface area contributed by atoms with Crippen molar-refractivity contribution in [3.63, 3.8) is 0 Å². The number of hydrogen-bond acceptors (Lipinski definition) is 3. The molecule has 0 spiro atoms. The van der Waals surface area contributed by atoms with Crippen LogP contribution in [0.2, 0.25) is 0 Å². The van der Waals surface area contributed by atoms with Crippen molar-refractivity contribution in [2.24, 2.45) is 11.3 Å². The van der Waals surface area contributed by atoms with Crippen LogP contribution in [-0.4, -0.2) is 39.5 Å². The second-order valence-electron chi connectivity index (χ2n) is 5.70. The molecule has 1 rings (SSSR count). The monoisotopic (exact) mass is 243 g/mol. The summed E-state index contributed by atoms with van der Waals surface area (Å²) in [6.45, 7) is 12.3. The Morgan fingerprint density at radius 2 is 2.24 bits per heavy atom. The van der Waals surface area contributed by atoms with E-state index in [1.165, 1.54) is 12.8 Å². The molecule has 0 aromatic rings. The third kappa shape index (κ3) is 5.84. The first-order chi connectivity index (χ1) is 8.18. The molecule has 0 aromatic carbocycles. The molecule has 1 saturated heterocycles. The number of nitrogens with one attached hydrogen (secondary N) is 1. The quantitative estimate of drug-likeness (QED) is 0.631. The number of rotatable bonds is 9. The molecule has 1 unspecified atom stereocenters. The van der Waals surface area contributed by atoms with Crippen LogP contribution in [0.3, 0.4) is 0 Å². The molecular formula is C14H29NO2. The van der Waals surface area contributed by atoms with Crippen molar-refractivity contribution in [1.82, 2.24) is 5.32 Å². The fourth-order valence-corrected chi connectivity index (χ4v) is 2.21. The lowest BCUT2D eigenvalue weighted by Gasteiger charge is -2.27. The van der Waals surface area contributed by atoms with Gasteiger partial charge in [0.15, 0.2) is 0 Å². The van der Waals surface area contributed by atoms with Gasteiger partial charge in [0.2, 0.25) is 0 Å². The highest BCUT2D eigenvalue weighted by molar-refractivity contribution is 4.85. The molecule has 3 heteroatoms. The molecule has 102 valence electrons. The molecule has 1 atom stereocenters. The maximum absolute atomic E-state index is 5.71. The fraction of sp³-hybridized carbons (Fsp3) is 1.00. The molecule has 0 radical (unpaired) electrons. The zero-order valence-corrected chi connectivity index (χ0v) is 11.8. The third-order valence-corrected chi connectivity index (χ3v) is 3.34. The summed E-state index contributed by atoms with van der Waals surface area (Å²) in [4.78, 5) is 0. The molecule has 0 saturated carbocycles. The van der Waals surface area contributed by atoms with Crippen molar-refractivity contribution in [2.75, 3.05) is 39.5 Å². The highest BCUT2D eigenvalue weighted by Crippen LogP contribution is 2.31. The lowest BCUT2D eigenvalue weighted by Crippen LogP contribution is -2.36. The van der Waals surface area contributed by atoms with Crippen LogP contribution in [0.4, 0.5) is 0 Å². The summed E-state index contributed by atoms with van der Waals surface area (Å²) in [5, 5.41) is 3.53. The normalized spacial score (nSPS) is 24.7. The van der Waals surface area contributed by atoms with Gasteiger partial charge in [-0.1, -0.05) is 20.8 Å². The van der Waals surface area contributed by atoms with Gasteiger partial charge < -0.3 is 14.8 Å². The molecule has 1 aliphatic rings. The molecule has 1 aliphatic heterocycles. The van der Waals surface area contributed by atoms with Gasteiger partial charge in [-0.15, -0.1) is 0 Å². The molecule has 0 bridgehead atoms. The first-order valence-corrected chi connectivity index (χ1v) is 7.05. The van der Waals surface area contributed by atoms with E-state index in [0.717, 1.165) is 45.9 Å². The van der Waals surface area contributed by atoms with Crippen molar-refractivity contribution < 1.29 is 9.47 Å². The van der Waals surface area contributed by atoms with Gasteiger partial charge in [0.05, 0.1) is 6.61 Å². The zero-order valence-electron chi connectivity index (χ0n) is 11.8. The summed E-state index contributed by atoms with van der Waals surface area (Å²) in [6.07, 6.45) is 3.49. The lowest BCUT2D eigenvalue weighted by molar-refractivity contribution is 0.0674.